The van der Waals surface area contributed by atoms with Crippen molar-refractivity contribution in [2.75, 3.05) is 5.75 Å². The summed E-state index contributed by atoms with van der Waals surface area (Å²) < 4.78 is 24.6. The van der Waals surface area contributed by atoms with E-state index >= 15 is 0 Å². The van der Waals surface area contributed by atoms with Crippen molar-refractivity contribution in [3.63, 3.8) is 0 Å². The van der Waals surface area contributed by atoms with Crippen LogP contribution in [0.15, 0.2) is 15.7 Å². The third-order valence-corrected chi connectivity index (χ3v) is 7.00. The molecule has 0 aliphatic carbocycles. The predicted octanol–water partition coefficient (Wildman–Crippen LogP) is 1.79. The van der Waals surface area contributed by atoms with Crippen LogP contribution in [-0.4, -0.2) is 25.3 Å². The molecule has 0 aromatic carbocycles. The van der Waals surface area contributed by atoms with E-state index < -0.39 is 15.1 Å². The number of thiol groups is 1. The molecule has 1 aromatic heterocycles. The fourth-order valence-electron chi connectivity index (χ4n) is 2.07. The van der Waals surface area contributed by atoms with E-state index in [4.69, 9.17) is 0 Å². The molecule has 1 aliphatic heterocycles. The first kappa shape index (κ1) is 13.9. The number of hydrogen-bond donors (Lipinski definition) is 2. The second-order valence-corrected chi connectivity index (χ2v) is 8.27. The van der Waals surface area contributed by atoms with Gasteiger partial charge >= 0.3 is 0 Å². The largest absolute Gasteiger partial charge is 0.349 e. The molecule has 1 aliphatic rings. The third-order valence-electron chi connectivity index (χ3n) is 3.06. The molecule has 1 N–H and O–H groups in total. The van der Waals surface area contributed by atoms with Gasteiger partial charge in [-0.1, -0.05) is 0 Å². The van der Waals surface area contributed by atoms with Gasteiger partial charge in [0, 0.05) is 12.0 Å². The summed E-state index contributed by atoms with van der Waals surface area (Å²) in [5, 5.41) is 4.19. The minimum Gasteiger partial charge on any atom is -0.349 e. The van der Waals surface area contributed by atoms with Crippen LogP contribution in [0.25, 0.3) is 0 Å². The topological polar surface area (TPSA) is 63.2 Å². The molecular weight excluding hydrogens is 290 g/mol. The Morgan fingerprint density at radius 1 is 1.61 bits per heavy atom. The Balaban J connectivity index is 2.28. The van der Waals surface area contributed by atoms with E-state index in [1.807, 2.05) is 0 Å². The SMILES string of the molecule is C[C@H]1C[C@H](NC(=O)CCS)c2ccsc2S1(=O)=O. The molecule has 100 valence electrons. The van der Waals surface area contributed by atoms with Gasteiger partial charge in [0.1, 0.15) is 4.21 Å². The summed E-state index contributed by atoms with van der Waals surface area (Å²) in [7, 11) is -3.21. The van der Waals surface area contributed by atoms with E-state index in [0.29, 0.717) is 22.8 Å². The second kappa shape index (κ2) is 5.22. The van der Waals surface area contributed by atoms with Gasteiger partial charge in [-0.2, -0.15) is 12.6 Å². The lowest BCUT2D eigenvalue weighted by Gasteiger charge is -2.27. The summed E-state index contributed by atoms with van der Waals surface area (Å²) in [5.41, 5.74) is 0.727. The Morgan fingerprint density at radius 2 is 2.33 bits per heavy atom. The van der Waals surface area contributed by atoms with Crippen LogP contribution in [0.2, 0.25) is 0 Å². The molecule has 7 heteroatoms. The summed E-state index contributed by atoms with van der Waals surface area (Å²) in [5.74, 6) is 0.404. The number of amides is 1. The molecule has 0 unspecified atom stereocenters. The zero-order valence-electron chi connectivity index (χ0n) is 9.92. The van der Waals surface area contributed by atoms with Crippen LogP contribution < -0.4 is 5.32 Å². The van der Waals surface area contributed by atoms with E-state index in [9.17, 15) is 13.2 Å². The van der Waals surface area contributed by atoms with Crippen molar-refractivity contribution < 1.29 is 13.2 Å². The highest BCUT2D eigenvalue weighted by molar-refractivity contribution is 7.94. The number of sulfone groups is 1. The number of hydrogen-bond acceptors (Lipinski definition) is 5. The molecule has 2 rings (SSSR count). The number of nitrogens with one attached hydrogen (secondary N) is 1. The first-order valence-electron chi connectivity index (χ1n) is 5.68. The quantitative estimate of drug-likeness (QED) is 0.837. The predicted molar refractivity (Wildman–Crippen MR) is 74.9 cm³/mol. The van der Waals surface area contributed by atoms with Crippen LogP contribution in [0, 0.1) is 0 Å². The molecule has 0 saturated heterocycles. The van der Waals surface area contributed by atoms with Gasteiger partial charge in [-0.3, -0.25) is 4.79 Å². The Kier molecular flexibility index (Phi) is 4.03. The minimum atomic E-state index is -3.21. The van der Waals surface area contributed by atoms with Gasteiger partial charge in [-0.15, -0.1) is 11.3 Å². The fourth-order valence-corrected chi connectivity index (χ4v) is 5.50. The molecule has 1 aromatic rings. The lowest BCUT2D eigenvalue weighted by atomic mass is 10.0. The van der Waals surface area contributed by atoms with E-state index in [1.165, 1.54) is 11.3 Å². The highest BCUT2D eigenvalue weighted by Crippen LogP contribution is 2.39. The van der Waals surface area contributed by atoms with Gasteiger partial charge in [0.2, 0.25) is 5.91 Å². The van der Waals surface area contributed by atoms with Crippen molar-refractivity contribution in [3.8, 4) is 0 Å². The summed E-state index contributed by atoms with van der Waals surface area (Å²) >= 11 is 5.24. The average molecular weight is 305 g/mol. The van der Waals surface area contributed by atoms with Crippen LogP contribution in [0.1, 0.15) is 31.4 Å². The molecule has 2 atom stereocenters. The lowest BCUT2D eigenvalue weighted by molar-refractivity contribution is -0.121. The number of fused-ring (bicyclic) bond motifs is 1. The highest BCUT2D eigenvalue weighted by Gasteiger charge is 2.37. The van der Waals surface area contributed by atoms with Gasteiger partial charge in [-0.25, -0.2) is 8.42 Å². The number of thiophene rings is 1. The summed E-state index contributed by atoms with van der Waals surface area (Å²) in [4.78, 5) is 11.6. The van der Waals surface area contributed by atoms with Crippen molar-refractivity contribution in [2.45, 2.75) is 35.3 Å². The molecule has 4 nitrogen and oxygen atoms in total. The third kappa shape index (κ3) is 2.44. The molecule has 0 bridgehead atoms. The van der Waals surface area contributed by atoms with Gasteiger partial charge in [-0.05, 0) is 30.5 Å². The van der Waals surface area contributed by atoms with Crippen LogP contribution in [-0.2, 0) is 14.6 Å². The highest BCUT2D eigenvalue weighted by atomic mass is 32.2. The van der Waals surface area contributed by atoms with E-state index in [2.05, 4.69) is 17.9 Å². The summed E-state index contributed by atoms with van der Waals surface area (Å²) in [6, 6.07) is 1.59. The monoisotopic (exact) mass is 305 g/mol. The van der Waals surface area contributed by atoms with Gasteiger partial charge < -0.3 is 5.32 Å². The molecule has 1 amide bonds. The fraction of sp³-hybridized carbons (Fsp3) is 0.545. The van der Waals surface area contributed by atoms with Crippen molar-refractivity contribution in [1.82, 2.24) is 5.32 Å². The maximum atomic E-state index is 12.1. The normalized spacial score (nSPS) is 25.4. The van der Waals surface area contributed by atoms with Gasteiger partial charge in [0.15, 0.2) is 9.84 Å². The van der Waals surface area contributed by atoms with Crippen molar-refractivity contribution >= 4 is 39.7 Å². The lowest BCUT2D eigenvalue weighted by Crippen LogP contribution is -2.36. The van der Waals surface area contributed by atoms with Gasteiger partial charge in [0.05, 0.1) is 11.3 Å². The second-order valence-electron chi connectivity index (χ2n) is 4.35. The van der Waals surface area contributed by atoms with Crippen LogP contribution >= 0.6 is 24.0 Å². The smallest absolute Gasteiger partial charge is 0.221 e. The molecule has 0 spiro atoms. The Morgan fingerprint density at radius 3 is 3.00 bits per heavy atom. The van der Waals surface area contributed by atoms with E-state index in [-0.39, 0.29) is 11.9 Å². The minimum absolute atomic E-state index is 0.0846. The maximum absolute atomic E-state index is 12.1. The van der Waals surface area contributed by atoms with Crippen LogP contribution in [0.3, 0.4) is 0 Å². The molecule has 2 heterocycles. The van der Waals surface area contributed by atoms with Crippen LogP contribution in [0.5, 0.6) is 0 Å². The van der Waals surface area contributed by atoms with E-state index in [1.54, 1.807) is 18.4 Å². The zero-order chi connectivity index (χ0) is 13.3. The summed E-state index contributed by atoms with van der Waals surface area (Å²) in [6.45, 7) is 1.69. The number of rotatable bonds is 3. The first-order valence-corrected chi connectivity index (χ1v) is 8.74. The number of carbonyl (C=O) groups excluding carboxylic acids is 1. The molecule has 0 fully saturated rings. The van der Waals surface area contributed by atoms with Crippen molar-refractivity contribution in [2.24, 2.45) is 0 Å². The first-order chi connectivity index (χ1) is 8.46. The molecule has 0 saturated carbocycles. The van der Waals surface area contributed by atoms with E-state index in [0.717, 1.165) is 5.56 Å². The Hall–Kier alpha value is -0.530. The number of carbonyl (C=O) groups is 1. The average Bonchev–Trinajstić information content (AvgIpc) is 2.76. The Labute approximate surface area is 116 Å². The standard InChI is InChI=1S/C11H15NO3S3/c1-7-6-9(12-10(13)2-4-16)8-3-5-17-11(8)18(7,14)15/h3,5,7,9,16H,2,4,6H2,1H3,(H,12,13)/t7-,9-/m0/s1. The molecule has 18 heavy (non-hydrogen) atoms. The van der Waals surface area contributed by atoms with Crippen LogP contribution in [0.4, 0.5) is 0 Å². The zero-order valence-corrected chi connectivity index (χ0v) is 12.4. The van der Waals surface area contributed by atoms with Crippen molar-refractivity contribution in [3.05, 3.63) is 17.0 Å². The maximum Gasteiger partial charge on any atom is 0.221 e. The summed E-state index contributed by atoms with van der Waals surface area (Å²) in [6.07, 6.45) is 0.782. The Bertz CT molecular complexity index is 550. The van der Waals surface area contributed by atoms with Crippen molar-refractivity contribution in [1.29, 1.82) is 0 Å². The molecular formula is C11H15NO3S3. The molecule has 0 radical (unpaired) electrons. The van der Waals surface area contributed by atoms with Gasteiger partial charge in [0.25, 0.3) is 0 Å².